The highest BCUT2D eigenvalue weighted by molar-refractivity contribution is 8.00. The Morgan fingerprint density at radius 2 is 1.56 bits per heavy atom. The summed E-state index contributed by atoms with van der Waals surface area (Å²) < 4.78 is 11.1. The van der Waals surface area contributed by atoms with Gasteiger partial charge in [-0.25, -0.2) is 0 Å². The van der Waals surface area contributed by atoms with Gasteiger partial charge in [0.15, 0.2) is 22.4 Å². The SMILES string of the molecule is CCC(Sc1cccc(NC(=S)Nc2ccc(C(C)=O)cc2)c1)C(=O)Nc1ccc2c(c1)OCCO2. The van der Waals surface area contributed by atoms with Gasteiger partial charge < -0.3 is 25.4 Å². The number of amides is 1. The number of Topliss-reactive ketones (excluding diaryl/α,β-unsaturated/α-hetero) is 1. The number of carbonyl (C=O) groups excluding carboxylic acids is 2. The minimum atomic E-state index is -0.279. The van der Waals surface area contributed by atoms with E-state index in [-0.39, 0.29) is 16.9 Å². The molecule has 1 unspecified atom stereocenters. The van der Waals surface area contributed by atoms with Gasteiger partial charge in [-0.2, -0.15) is 0 Å². The van der Waals surface area contributed by atoms with E-state index in [1.165, 1.54) is 18.7 Å². The van der Waals surface area contributed by atoms with Crippen molar-refractivity contribution in [2.45, 2.75) is 30.4 Å². The summed E-state index contributed by atoms with van der Waals surface area (Å²) in [5, 5.41) is 9.42. The zero-order valence-electron chi connectivity index (χ0n) is 20.0. The lowest BCUT2D eigenvalue weighted by atomic mass is 10.1. The average Bonchev–Trinajstić information content (AvgIpc) is 2.87. The fraction of sp³-hybridized carbons (Fsp3) is 0.222. The van der Waals surface area contributed by atoms with E-state index in [4.69, 9.17) is 21.7 Å². The lowest BCUT2D eigenvalue weighted by molar-refractivity contribution is -0.115. The van der Waals surface area contributed by atoms with Crippen molar-refractivity contribution in [3.63, 3.8) is 0 Å². The second-order valence-electron chi connectivity index (χ2n) is 8.10. The molecule has 186 valence electrons. The van der Waals surface area contributed by atoms with Crippen molar-refractivity contribution in [2.75, 3.05) is 29.2 Å². The van der Waals surface area contributed by atoms with Crippen LogP contribution in [0.15, 0.2) is 71.6 Å². The second-order valence-corrected chi connectivity index (χ2v) is 9.79. The number of fused-ring (bicyclic) bond motifs is 1. The summed E-state index contributed by atoms with van der Waals surface area (Å²) in [6, 6.07) is 20.3. The molecule has 0 fully saturated rings. The Bertz CT molecular complexity index is 1260. The van der Waals surface area contributed by atoms with Crippen LogP contribution in [0.25, 0.3) is 0 Å². The monoisotopic (exact) mass is 521 g/mol. The fourth-order valence-corrected chi connectivity index (χ4v) is 4.81. The van der Waals surface area contributed by atoms with Gasteiger partial charge in [0.2, 0.25) is 5.91 Å². The number of anilines is 3. The molecule has 7 nitrogen and oxygen atoms in total. The molecule has 1 heterocycles. The van der Waals surface area contributed by atoms with Gasteiger partial charge in [0.1, 0.15) is 13.2 Å². The van der Waals surface area contributed by atoms with E-state index < -0.39 is 0 Å². The van der Waals surface area contributed by atoms with Crippen molar-refractivity contribution < 1.29 is 19.1 Å². The van der Waals surface area contributed by atoms with Crippen molar-refractivity contribution in [3.05, 3.63) is 72.3 Å². The van der Waals surface area contributed by atoms with E-state index in [9.17, 15) is 9.59 Å². The van der Waals surface area contributed by atoms with Gasteiger partial charge >= 0.3 is 0 Å². The maximum Gasteiger partial charge on any atom is 0.237 e. The van der Waals surface area contributed by atoms with Crippen molar-refractivity contribution in [3.8, 4) is 11.5 Å². The Morgan fingerprint density at radius 1 is 0.889 bits per heavy atom. The summed E-state index contributed by atoms with van der Waals surface area (Å²) in [7, 11) is 0. The van der Waals surface area contributed by atoms with Crippen molar-refractivity contribution in [1.82, 2.24) is 0 Å². The highest BCUT2D eigenvalue weighted by Gasteiger charge is 2.20. The van der Waals surface area contributed by atoms with Crippen LogP contribution in [0.5, 0.6) is 11.5 Å². The predicted molar refractivity (Wildman–Crippen MR) is 149 cm³/mol. The molecule has 0 aromatic heterocycles. The maximum absolute atomic E-state index is 13.0. The number of nitrogens with one attached hydrogen (secondary N) is 3. The number of ketones is 1. The molecular weight excluding hydrogens is 494 g/mol. The van der Waals surface area contributed by atoms with Gasteiger partial charge in [0.05, 0.1) is 5.25 Å². The van der Waals surface area contributed by atoms with Crippen LogP contribution in [0, 0.1) is 0 Å². The third-order valence-electron chi connectivity index (χ3n) is 5.39. The zero-order chi connectivity index (χ0) is 25.5. The number of thiocarbonyl (C=S) groups is 1. The molecule has 0 saturated heterocycles. The lowest BCUT2D eigenvalue weighted by Gasteiger charge is -2.20. The molecule has 1 aliphatic heterocycles. The van der Waals surface area contributed by atoms with Crippen LogP contribution in [-0.4, -0.2) is 35.3 Å². The van der Waals surface area contributed by atoms with Crippen LogP contribution in [-0.2, 0) is 4.79 Å². The maximum atomic E-state index is 13.0. The first-order chi connectivity index (χ1) is 17.4. The molecule has 3 N–H and O–H groups in total. The summed E-state index contributed by atoms with van der Waals surface area (Å²) in [5.41, 5.74) is 2.91. The van der Waals surface area contributed by atoms with Crippen LogP contribution < -0.4 is 25.4 Å². The third kappa shape index (κ3) is 6.77. The average molecular weight is 522 g/mol. The topological polar surface area (TPSA) is 88.7 Å². The molecule has 36 heavy (non-hydrogen) atoms. The van der Waals surface area contributed by atoms with Gasteiger partial charge in [-0.05, 0) is 80.2 Å². The first kappa shape index (κ1) is 25.5. The normalized spacial score (nSPS) is 12.8. The molecule has 0 aliphatic carbocycles. The van der Waals surface area contributed by atoms with E-state index >= 15 is 0 Å². The number of benzene rings is 3. The summed E-state index contributed by atoms with van der Waals surface area (Å²) in [5.74, 6) is 1.26. The van der Waals surface area contributed by atoms with E-state index in [2.05, 4.69) is 16.0 Å². The molecule has 0 bridgehead atoms. The molecule has 4 rings (SSSR count). The van der Waals surface area contributed by atoms with E-state index in [0.29, 0.717) is 47.5 Å². The predicted octanol–water partition coefficient (Wildman–Crippen LogP) is 5.98. The molecule has 0 saturated carbocycles. The second kappa shape index (κ2) is 11.9. The molecule has 3 aromatic carbocycles. The lowest BCUT2D eigenvalue weighted by Crippen LogP contribution is -2.24. The van der Waals surface area contributed by atoms with Crippen LogP contribution in [0.2, 0.25) is 0 Å². The largest absolute Gasteiger partial charge is 0.486 e. The molecule has 0 spiro atoms. The fourth-order valence-electron chi connectivity index (χ4n) is 3.56. The molecule has 9 heteroatoms. The molecule has 1 aliphatic rings. The Kier molecular flexibility index (Phi) is 8.45. The Hall–Kier alpha value is -3.56. The minimum Gasteiger partial charge on any atom is -0.486 e. The van der Waals surface area contributed by atoms with Crippen LogP contribution in [0.3, 0.4) is 0 Å². The van der Waals surface area contributed by atoms with Gasteiger partial charge in [-0.1, -0.05) is 13.0 Å². The molecule has 3 aromatic rings. The van der Waals surface area contributed by atoms with Gasteiger partial charge in [0, 0.05) is 33.6 Å². The van der Waals surface area contributed by atoms with E-state index in [0.717, 1.165) is 16.3 Å². The van der Waals surface area contributed by atoms with Crippen LogP contribution in [0.4, 0.5) is 17.1 Å². The summed E-state index contributed by atoms with van der Waals surface area (Å²) in [6.45, 7) is 4.54. The molecular formula is C27H27N3O4S2. The first-order valence-electron chi connectivity index (χ1n) is 11.6. The highest BCUT2D eigenvalue weighted by atomic mass is 32.2. The molecule has 1 atom stereocenters. The van der Waals surface area contributed by atoms with Crippen LogP contribution in [0.1, 0.15) is 30.6 Å². The number of ether oxygens (including phenoxy) is 2. The van der Waals surface area contributed by atoms with Gasteiger partial charge in [-0.3, -0.25) is 9.59 Å². The van der Waals surface area contributed by atoms with E-state index in [1.54, 1.807) is 18.2 Å². The summed E-state index contributed by atoms with van der Waals surface area (Å²) >= 11 is 6.92. The minimum absolute atomic E-state index is 0.0157. The number of hydrogen-bond acceptors (Lipinski definition) is 6. The zero-order valence-corrected chi connectivity index (χ0v) is 21.6. The van der Waals surface area contributed by atoms with E-state index in [1.807, 2.05) is 55.5 Å². The van der Waals surface area contributed by atoms with Crippen molar-refractivity contribution >= 4 is 57.8 Å². The first-order valence-corrected chi connectivity index (χ1v) is 12.9. The van der Waals surface area contributed by atoms with Gasteiger partial charge in [0.25, 0.3) is 0 Å². The van der Waals surface area contributed by atoms with Gasteiger partial charge in [-0.15, -0.1) is 11.8 Å². The highest BCUT2D eigenvalue weighted by Crippen LogP contribution is 2.33. The molecule has 0 radical (unpaired) electrons. The van der Waals surface area contributed by atoms with Crippen molar-refractivity contribution in [2.24, 2.45) is 0 Å². The Morgan fingerprint density at radius 3 is 2.28 bits per heavy atom. The summed E-state index contributed by atoms with van der Waals surface area (Å²) in [4.78, 5) is 25.4. The number of rotatable bonds is 8. The number of thioether (sulfide) groups is 1. The van der Waals surface area contributed by atoms with Crippen molar-refractivity contribution in [1.29, 1.82) is 0 Å². The quantitative estimate of drug-likeness (QED) is 0.190. The number of hydrogen-bond donors (Lipinski definition) is 3. The summed E-state index contributed by atoms with van der Waals surface area (Å²) in [6.07, 6.45) is 0.662. The third-order valence-corrected chi connectivity index (χ3v) is 6.95. The standard InChI is InChI=1S/C27H27N3O4S2/c1-3-25(26(32)28-21-11-12-23-24(16-21)34-14-13-33-23)36-22-6-4-5-20(15-22)30-27(35)29-19-9-7-18(8-10-19)17(2)31/h4-12,15-16,25H,3,13-14H2,1-2H3,(H,28,32)(H2,29,30,35). The Balaban J connectivity index is 1.35. The Labute approximate surface area is 220 Å². The number of carbonyl (C=O) groups is 2. The van der Waals surface area contributed by atoms with Crippen LogP contribution >= 0.6 is 24.0 Å². The smallest absolute Gasteiger partial charge is 0.237 e. The molecule has 1 amide bonds.